The molecule has 7 nitrogen and oxygen atoms in total. The van der Waals surface area contributed by atoms with E-state index in [-0.39, 0.29) is 18.7 Å². The minimum atomic E-state index is -0.534. The summed E-state index contributed by atoms with van der Waals surface area (Å²) in [6.45, 7) is 4.00. The Bertz CT molecular complexity index is 1190. The summed E-state index contributed by atoms with van der Waals surface area (Å²) in [4.78, 5) is 42.4. The molecule has 4 rings (SSSR count). The Morgan fingerprint density at radius 3 is 2.55 bits per heavy atom. The number of rotatable bonds is 7. The molecule has 160 valence electrons. The first-order chi connectivity index (χ1) is 15.0. The smallest absolute Gasteiger partial charge is 0.325 e. The minimum Gasteiger partial charge on any atom is -0.367 e. The molecule has 0 bridgehead atoms. The van der Waals surface area contributed by atoms with E-state index in [1.165, 1.54) is 16.8 Å². The van der Waals surface area contributed by atoms with Gasteiger partial charge in [-0.2, -0.15) is 0 Å². The molecule has 2 heterocycles. The molecule has 0 unspecified atom stereocenters. The number of carbonyl (C=O) groups is 1. The minimum absolute atomic E-state index is 0.136. The summed E-state index contributed by atoms with van der Waals surface area (Å²) in [7, 11) is 0. The monoisotopic (exact) mass is 418 g/mol. The van der Waals surface area contributed by atoms with E-state index >= 15 is 0 Å². The van der Waals surface area contributed by atoms with Gasteiger partial charge in [-0.3, -0.25) is 14.6 Å². The molecule has 7 heteroatoms. The van der Waals surface area contributed by atoms with E-state index in [2.05, 4.69) is 56.6 Å². The number of fused-ring (bicyclic) bond motifs is 1. The number of aromatic amines is 2. The molecule has 0 saturated carbocycles. The summed E-state index contributed by atoms with van der Waals surface area (Å²) in [5.41, 5.74) is 4.94. The van der Waals surface area contributed by atoms with E-state index in [9.17, 15) is 14.4 Å². The maximum Gasteiger partial charge on any atom is 0.325 e. The van der Waals surface area contributed by atoms with E-state index in [1.54, 1.807) is 6.92 Å². The van der Waals surface area contributed by atoms with Crippen molar-refractivity contribution >= 4 is 11.6 Å². The van der Waals surface area contributed by atoms with Gasteiger partial charge in [0.1, 0.15) is 0 Å². The lowest BCUT2D eigenvalue weighted by Crippen LogP contribution is -2.29. The second kappa shape index (κ2) is 9.04. The van der Waals surface area contributed by atoms with Crippen LogP contribution in [0.5, 0.6) is 0 Å². The summed E-state index contributed by atoms with van der Waals surface area (Å²) in [6, 6.07) is 16.8. The SMILES string of the molecule is Cc1[nH]c(=O)[nH]c(=O)c1CCC(=O)NCc1ccc(CN2CCc3ccccc32)cc1. The molecule has 3 aromatic rings. The van der Waals surface area contributed by atoms with E-state index in [0.717, 1.165) is 25.1 Å². The summed E-state index contributed by atoms with van der Waals surface area (Å²) < 4.78 is 0. The molecule has 3 N–H and O–H groups in total. The lowest BCUT2D eigenvalue weighted by atomic mass is 10.1. The van der Waals surface area contributed by atoms with Crippen molar-refractivity contribution < 1.29 is 4.79 Å². The van der Waals surface area contributed by atoms with Crippen molar-refractivity contribution in [1.82, 2.24) is 15.3 Å². The predicted molar refractivity (Wildman–Crippen MR) is 120 cm³/mol. The lowest BCUT2D eigenvalue weighted by Gasteiger charge is -2.19. The van der Waals surface area contributed by atoms with Crippen LogP contribution in [-0.4, -0.2) is 22.4 Å². The third kappa shape index (κ3) is 4.94. The van der Waals surface area contributed by atoms with Crippen LogP contribution in [0.2, 0.25) is 0 Å². The van der Waals surface area contributed by atoms with Gasteiger partial charge in [0, 0.05) is 43.0 Å². The van der Waals surface area contributed by atoms with Gasteiger partial charge < -0.3 is 15.2 Å². The highest BCUT2D eigenvalue weighted by atomic mass is 16.2. The molecule has 2 aromatic carbocycles. The number of para-hydroxylation sites is 1. The fourth-order valence-electron chi connectivity index (χ4n) is 4.01. The lowest BCUT2D eigenvalue weighted by molar-refractivity contribution is -0.121. The number of aryl methyl sites for hydroxylation is 1. The highest BCUT2D eigenvalue weighted by Gasteiger charge is 2.18. The first kappa shape index (κ1) is 20.7. The number of aromatic nitrogens is 2. The first-order valence-corrected chi connectivity index (χ1v) is 10.5. The third-order valence-corrected chi connectivity index (χ3v) is 5.73. The number of nitrogens with one attached hydrogen (secondary N) is 3. The number of benzene rings is 2. The second-order valence-corrected chi connectivity index (χ2v) is 7.91. The van der Waals surface area contributed by atoms with Gasteiger partial charge in [0.15, 0.2) is 0 Å². The molecule has 0 fully saturated rings. The number of hydrogen-bond donors (Lipinski definition) is 3. The summed E-state index contributed by atoms with van der Waals surface area (Å²) in [6.07, 6.45) is 1.55. The summed E-state index contributed by atoms with van der Waals surface area (Å²) in [5.74, 6) is -0.136. The van der Waals surface area contributed by atoms with Crippen molar-refractivity contribution in [3.63, 3.8) is 0 Å². The van der Waals surface area contributed by atoms with Crippen LogP contribution >= 0.6 is 0 Å². The summed E-state index contributed by atoms with van der Waals surface area (Å²) >= 11 is 0. The first-order valence-electron chi connectivity index (χ1n) is 10.5. The molecule has 0 saturated heterocycles. The van der Waals surface area contributed by atoms with Gasteiger partial charge in [-0.1, -0.05) is 42.5 Å². The number of H-pyrrole nitrogens is 2. The van der Waals surface area contributed by atoms with Crippen molar-refractivity contribution in [2.24, 2.45) is 0 Å². The Morgan fingerprint density at radius 1 is 1.03 bits per heavy atom. The number of nitrogens with zero attached hydrogens (tertiary/aromatic N) is 1. The van der Waals surface area contributed by atoms with Crippen LogP contribution in [0.1, 0.15) is 34.4 Å². The molecule has 0 radical (unpaired) electrons. The Morgan fingerprint density at radius 2 is 1.77 bits per heavy atom. The van der Waals surface area contributed by atoms with Crippen LogP contribution in [-0.2, 0) is 30.7 Å². The molecular formula is C24H26N4O3. The molecule has 0 atom stereocenters. The van der Waals surface area contributed by atoms with Crippen molar-refractivity contribution in [3.8, 4) is 0 Å². The number of amides is 1. The molecule has 1 amide bonds. The van der Waals surface area contributed by atoms with Gasteiger partial charge in [0.2, 0.25) is 5.91 Å². The molecule has 1 aromatic heterocycles. The van der Waals surface area contributed by atoms with Crippen molar-refractivity contribution in [1.29, 1.82) is 0 Å². The molecule has 1 aliphatic rings. The Labute approximate surface area is 180 Å². The zero-order valence-corrected chi connectivity index (χ0v) is 17.5. The van der Waals surface area contributed by atoms with Crippen LogP contribution in [0.25, 0.3) is 0 Å². The standard InChI is InChI=1S/C24H26N4O3/c1-16-20(23(30)27-24(31)26-16)10-11-22(29)25-14-17-6-8-18(9-7-17)15-28-13-12-19-4-2-3-5-21(19)28/h2-9H,10-15H2,1H3,(H,25,29)(H2,26,27,30,31). The van der Waals surface area contributed by atoms with Gasteiger partial charge in [-0.05, 0) is 42.5 Å². The van der Waals surface area contributed by atoms with Crippen molar-refractivity contribution in [2.45, 2.75) is 39.3 Å². The van der Waals surface area contributed by atoms with Gasteiger partial charge >= 0.3 is 5.69 Å². The molecule has 0 aliphatic carbocycles. The Balaban J connectivity index is 1.27. The van der Waals surface area contributed by atoms with Gasteiger partial charge in [0.05, 0.1) is 0 Å². The van der Waals surface area contributed by atoms with Crippen molar-refractivity contribution in [3.05, 3.63) is 97.3 Å². The van der Waals surface area contributed by atoms with Crippen LogP contribution in [0.4, 0.5) is 5.69 Å². The maximum atomic E-state index is 12.2. The second-order valence-electron chi connectivity index (χ2n) is 7.91. The highest BCUT2D eigenvalue weighted by Crippen LogP contribution is 2.28. The van der Waals surface area contributed by atoms with Crippen molar-refractivity contribution in [2.75, 3.05) is 11.4 Å². The Kier molecular flexibility index (Phi) is 6.02. The van der Waals surface area contributed by atoms with Crippen LogP contribution in [0, 0.1) is 6.92 Å². The average Bonchev–Trinajstić information content (AvgIpc) is 3.15. The molecular weight excluding hydrogens is 392 g/mol. The van der Waals surface area contributed by atoms with Gasteiger partial charge in [-0.15, -0.1) is 0 Å². The number of hydrogen-bond acceptors (Lipinski definition) is 4. The van der Waals surface area contributed by atoms with E-state index in [4.69, 9.17) is 0 Å². The fourth-order valence-corrected chi connectivity index (χ4v) is 4.01. The molecule has 1 aliphatic heterocycles. The van der Waals surface area contributed by atoms with Gasteiger partial charge in [-0.25, -0.2) is 4.79 Å². The van der Waals surface area contributed by atoms with Crippen LogP contribution in [0.3, 0.4) is 0 Å². The van der Waals surface area contributed by atoms with E-state index < -0.39 is 11.2 Å². The van der Waals surface area contributed by atoms with E-state index in [0.29, 0.717) is 17.8 Å². The largest absolute Gasteiger partial charge is 0.367 e. The fraction of sp³-hybridized carbons (Fsp3) is 0.292. The number of anilines is 1. The predicted octanol–water partition coefficient (Wildman–Crippen LogP) is 2.18. The number of carbonyl (C=O) groups excluding carboxylic acids is 1. The van der Waals surface area contributed by atoms with Gasteiger partial charge in [0.25, 0.3) is 5.56 Å². The van der Waals surface area contributed by atoms with Crippen LogP contribution < -0.4 is 21.5 Å². The topological polar surface area (TPSA) is 98.1 Å². The van der Waals surface area contributed by atoms with Crippen LogP contribution in [0.15, 0.2) is 58.1 Å². The molecule has 0 spiro atoms. The zero-order valence-electron chi connectivity index (χ0n) is 17.5. The van der Waals surface area contributed by atoms with E-state index in [1.807, 2.05) is 12.1 Å². The maximum absolute atomic E-state index is 12.2. The normalized spacial score (nSPS) is 12.6. The zero-order chi connectivity index (χ0) is 21.8. The summed E-state index contributed by atoms with van der Waals surface area (Å²) in [5, 5.41) is 2.89. The highest BCUT2D eigenvalue weighted by molar-refractivity contribution is 5.76. The average molecular weight is 418 g/mol. The quantitative estimate of drug-likeness (QED) is 0.548. The Hall–Kier alpha value is -3.61. The molecule has 31 heavy (non-hydrogen) atoms. The third-order valence-electron chi connectivity index (χ3n) is 5.73.